The molecular formula is C21H28FNO3S. The van der Waals surface area contributed by atoms with Crippen LogP contribution in [0, 0.1) is 11.7 Å². The number of hydrogen-bond acceptors (Lipinski definition) is 5. The zero-order chi connectivity index (χ0) is 19.8. The molecule has 0 aliphatic carbocycles. The van der Waals surface area contributed by atoms with Gasteiger partial charge >= 0.3 is 5.97 Å². The quantitative estimate of drug-likeness (QED) is 0.608. The summed E-state index contributed by atoms with van der Waals surface area (Å²) in [6.07, 6.45) is 3.06. The zero-order valence-electron chi connectivity index (χ0n) is 16.4. The second-order valence-corrected chi connectivity index (χ2v) is 9.93. The van der Waals surface area contributed by atoms with E-state index in [9.17, 15) is 9.18 Å². The number of ether oxygens (including phenoxy) is 2. The molecule has 148 valence electrons. The number of benzene rings is 1. The first-order chi connectivity index (χ1) is 12.6. The molecule has 1 aromatic carbocycles. The van der Waals surface area contributed by atoms with Gasteiger partial charge in [0.1, 0.15) is 11.4 Å². The highest BCUT2D eigenvalue weighted by Gasteiger charge is 2.48. The van der Waals surface area contributed by atoms with E-state index in [1.165, 1.54) is 6.07 Å². The fourth-order valence-corrected chi connectivity index (χ4v) is 5.63. The smallest absolute Gasteiger partial charge is 0.311 e. The van der Waals surface area contributed by atoms with Gasteiger partial charge in [-0.3, -0.25) is 4.79 Å². The average Bonchev–Trinajstić information content (AvgIpc) is 2.55. The van der Waals surface area contributed by atoms with Gasteiger partial charge < -0.3 is 15.2 Å². The fraction of sp³-hybridized carbons (Fsp3) is 0.571. The SMILES string of the molecule is C[C@H]1SC(CC(=O)OC(C)(C)C)=C[C@@]2(c3cc(N)ccc3F)COCC[C@@H]12. The van der Waals surface area contributed by atoms with Gasteiger partial charge in [-0.2, -0.15) is 0 Å². The molecule has 0 saturated carbocycles. The first-order valence-electron chi connectivity index (χ1n) is 9.34. The summed E-state index contributed by atoms with van der Waals surface area (Å²) in [6.45, 7) is 8.75. The molecule has 0 spiro atoms. The number of carbonyl (C=O) groups excluding carboxylic acids is 1. The Morgan fingerprint density at radius 1 is 1.44 bits per heavy atom. The predicted molar refractivity (Wildman–Crippen MR) is 107 cm³/mol. The summed E-state index contributed by atoms with van der Waals surface area (Å²) in [7, 11) is 0. The summed E-state index contributed by atoms with van der Waals surface area (Å²) >= 11 is 1.68. The van der Waals surface area contributed by atoms with Crippen molar-refractivity contribution in [1.29, 1.82) is 0 Å². The van der Waals surface area contributed by atoms with Gasteiger partial charge in [-0.25, -0.2) is 4.39 Å². The molecule has 3 atom stereocenters. The molecule has 0 amide bonds. The minimum atomic E-state index is -0.611. The van der Waals surface area contributed by atoms with Crippen molar-refractivity contribution < 1.29 is 18.7 Å². The maximum Gasteiger partial charge on any atom is 0.311 e. The second-order valence-electron chi connectivity index (χ2n) is 8.42. The molecule has 2 N–H and O–H groups in total. The van der Waals surface area contributed by atoms with Gasteiger partial charge in [-0.1, -0.05) is 13.0 Å². The number of anilines is 1. The van der Waals surface area contributed by atoms with Crippen molar-refractivity contribution >= 4 is 23.4 Å². The van der Waals surface area contributed by atoms with Gasteiger partial charge in [-0.15, -0.1) is 11.8 Å². The lowest BCUT2D eigenvalue weighted by atomic mass is 9.66. The summed E-state index contributed by atoms with van der Waals surface area (Å²) in [4.78, 5) is 13.3. The first-order valence-corrected chi connectivity index (χ1v) is 10.2. The number of nitrogen functional groups attached to an aromatic ring is 1. The molecule has 0 aromatic heterocycles. The summed E-state index contributed by atoms with van der Waals surface area (Å²) in [5.41, 5.74) is 5.90. The molecule has 2 heterocycles. The van der Waals surface area contributed by atoms with Gasteiger partial charge in [0.2, 0.25) is 0 Å². The summed E-state index contributed by atoms with van der Waals surface area (Å²) in [5.74, 6) is -0.339. The summed E-state index contributed by atoms with van der Waals surface area (Å²) in [5, 5.41) is 0.233. The van der Waals surface area contributed by atoms with Crippen LogP contribution in [0.2, 0.25) is 0 Å². The standard InChI is InChI=1S/C21H28FNO3S/c1-13-16-7-8-25-12-21(16,17-9-14(23)5-6-18(17)22)11-15(27-13)10-19(24)26-20(2,3)4/h5-6,9,11,13,16H,7-8,10,12,23H2,1-4H3/t13-,16+,21-/m1/s1. The third-order valence-electron chi connectivity index (χ3n) is 5.13. The number of rotatable bonds is 3. The minimum absolute atomic E-state index is 0.185. The van der Waals surface area contributed by atoms with Crippen LogP contribution in [-0.2, 0) is 19.7 Å². The Kier molecular flexibility index (Phi) is 5.59. The Hall–Kier alpha value is -1.53. The predicted octanol–water partition coefficient (Wildman–Crippen LogP) is 4.43. The molecule has 3 rings (SSSR count). The number of esters is 1. The lowest BCUT2D eigenvalue weighted by molar-refractivity contribution is -0.153. The van der Waals surface area contributed by atoms with Crippen molar-refractivity contribution in [3.63, 3.8) is 0 Å². The van der Waals surface area contributed by atoms with Crippen LogP contribution in [0.15, 0.2) is 29.2 Å². The second kappa shape index (κ2) is 7.47. The van der Waals surface area contributed by atoms with Crippen LogP contribution in [-0.4, -0.2) is 30.0 Å². The molecule has 1 aromatic rings. The van der Waals surface area contributed by atoms with Crippen LogP contribution in [0.5, 0.6) is 0 Å². The van der Waals surface area contributed by atoms with Crippen LogP contribution in [0.1, 0.15) is 46.1 Å². The van der Waals surface area contributed by atoms with E-state index in [1.807, 2.05) is 26.8 Å². The third-order valence-corrected chi connectivity index (χ3v) is 6.39. The van der Waals surface area contributed by atoms with Gasteiger partial charge in [0.25, 0.3) is 0 Å². The molecule has 1 fully saturated rings. The lowest BCUT2D eigenvalue weighted by Crippen LogP contribution is -2.49. The first kappa shape index (κ1) is 20.2. The van der Waals surface area contributed by atoms with Crippen LogP contribution >= 0.6 is 11.8 Å². The molecule has 0 unspecified atom stereocenters. The third kappa shape index (κ3) is 4.32. The van der Waals surface area contributed by atoms with Gasteiger partial charge in [0.15, 0.2) is 0 Å². The molecule has 2 aliphatic heterocycles. The highest BCUT2D eigenvalue weighted by atomic mass is 32.2. The molecule has 4 nitrogen and oxygen atoms in total. The largest absolute Gasteiger partial charge is 0.460 e. The Morgan fingerprint density at radius 2 is 2.19 bits per heavy atom. The van der Waals surface area contributed by atoms with Gasteiger partial charge in [0, 0.05) is 28.5 Å². The lowest BCUT2D eigenvalue weighted by Gasteiger charge is -2.48. The van der Waals surface area contributed by atoms with E-state index >= 15 is 0 Å². The summed E-state index contributed by atoms with van der Waals surface area (Å²) in [6, 6.07) is 4.70. The molecule has 2 aliphatic rings. The maximum atomic E-state index is 14.8. The van der Waals surface area contributed by atoms with Crippen LogP contribution in [0.4, 0.5) is 10.1 Å². The van der Waals surface area contributed by atoms with Crippen molar-refractivity contribution in [3.05, 3.63) is 40.6 Å². The van der Waals surface area contributed by atoms with E-state index < -0.39 is 11.0 Å². The normalized spacial score (nSPS) is 28.3. The Labute approximate surface area is 164 Å². The molecule has 0 radical (unpaired) electrons. The molecule has 6 heteroatoms. The molecule has 0 bridgehead atoms. The highest BCUT2D eigenvalue weighted by molar-refractivity contribution is 8.03. The Morgan fingerprint density at radius 3 is 2.89 bits per heavy atom. The van der Waals surface area contributed by atoms with E-state index in [1.54, 1.807) is 23.9 Å². The van der Waals surface area contributed by atoms with Crippen molar-refractivity contribution in [2.45, 2.75) is 56.8 Å². The number of fused-ring (bicyclic) bond motifs is 1. The van der Waals surface area contributed by atoms with Crippen molar-refractivity contribution in [2.24, 2.45) is 5.92 Å². The van der Waals surface area contributed by atoms with E-state index in [4.69, 9.17) is 15.2 Å². The van der Waals surface area contributed by atoms with Gasteiger partial charge in [0.05, 0.1) is 13.0 Å². The number of thioether (sulfide) groups is 1. The van der Waals surface area contributed by atoms with E-state index in [2.05, 4.69) is 6.92 Å². The monoisotopic (exact) mass is 393 g/mol. The van der Waals surface area contributed by atoms with E-state index in [0.29, 0.717) is 24.5 Å². The zero-order valence-corrected chi connectivity index (χ0v) is 17.2. The molecule has 1 saturated heterocycles. The van der Waals surface area contributed by atoms with Crippen molar-refractivity contribution in [2.75, 3.05) is 18.9 Å². The van der Waals surface area contributed by atoms with Crippen LogP contribution in [0.3, 0.4) is 0 Å². The van der Waals surface area contributed by atoms with E-state index in [0.717, 1.165) is 11.3 Å². The summed E-state index contributed by atoms with van der Waals surface area (Å²) < 4.78 is 26.1. The van der Waals surface area contributed by atoms with Gasteiger partial charge in [-0.05, 0) is 56.2 Å². The topological polar surface area (TPSA) is 61.5 Å². The fourth-order valence-electron chi connectivity index (χ4n) is 4.13. The Balaban J connectivity index is 2.01. The van der Waals surface area contributed by atoms with E-state index in [-0.39, 0.29) is 29.4 Å². The van der Waals surface area contributed by atoms with Crippen LogP contribution < -0.4 is 5.73 Å². The molecular weight excluding hydrogens is 365 g/mol. The molecule has 27 heavy (non-hydrogen) atoms. The highest BCUT2D eigenvalue weighted by Crippen LogP contribution is 2.52. The number of nitrogens with two attached hydrogens (primary N) is 1. The number of halogens is 1. The Bertz CT molecular complexity index is 758. The van der Waals surface area contributed by atoms with Crippen molar-refractivity contribution in [3.8, 4) is 0 Å². The van der Waals surface area contributed by atoms with Crippen LogP contribution in [0.25, 0.3) is 0 Å². The average molecular weight is 394 g/mol. The number of hydrogen-bond donors (Lipinski definition) is 1. The minimum Gasteiger partial charge on any atom is -0.460 e. The maximum absolute atomic E-state index is 14.8. The number of carbonyl (C=O) groups is 1. The van der Waals surface area contributed by atoms with Crippen molar-refractivity contribution in [1.82, 2.24) is 0 Å².